The molecule has 26 heteroatoms. The maximum atomic E-state index is 15.2. The first kappa shape index (κ1) is 67.9. The summed E-state index contributed by atoms with van der Waals surface area (Å²) in [6.45, 7) is 8.15. The van der Waals surface area contributed by atoms with Crippen LogP contribution in [0.1, 0.15) is 109 Å². The number of primary amides is 1. The molecular weight excluding hydrogens is 1120 g/mol. The predicted molar refractivity (Wildman–Crippen MR) is 313 cm³/mol. The molecular formula is C60H78F2N12O12. The first-order valence-corrected chi connectivity index (χ1v) is 28.3. The molecule has 0 radical (unpaired) electrons. The van der Waals surface area contributed by atoms with Gasteiger partial charge in [0.2, 0.25) is 35.4 Å². The number of urea groups is 1. The number of hydrogen-bond acceptors (Lipinski definition) is 13. The summed E-state index contributed by atoms with van der Waals surface area (Å²) < 4.78 is 31.3. The molecule has 0 aliphatic carbocycles. The van der Waals surface area contributed by atoms with Crippen LogP contribution in [0.4, 0.5) is 19.3 Å². The van der Waals surface area contributed by atoms with Gasteiger partial charge < -0.3 is 63.0 Å². The zero-order valence-electron chi connectivity index (χ0n) is 48.9. The maximum Gasteiger partial charge on any atom is 0.326 e. The molecule has 5 rings (SSSR count). The number of rotatable bonds is 33. The third-order valence-corrected chi connectivity index (χ3v) is 14.1. The highest BCUT2D eigenvalue weighted by molar-refractivity contribution is 6.12. The average Bonchev–Trinajstić information content (AvgIpc) is 3.57. The number of carboxylic acid groups (broad SMARTS) is 1. The van der Waals surface area contributed by atoms with Crippen molar-refractivity contribution in [3.8, 4) is 11.3 Å². The van der Waals surface area contributed by atoms with E-state index < -0.39 is 107 Å². The van der Waals surface area contributed by atoms with Crippen molar-refractivity contribution >= 4 is 64.9 Å². The van der Waals surface area contributed by atoms with Crippen LogP contribution in [0.25, 0.3) is 11.3 Å². The fraction of sp³-hybridized carbons (Fsp3) is 0.450. The van der Waals surface area contributed by atoms with Gasteiger partial charge >= 0.3 is 12.0 Å². The number of nitrogens with one attached hydrogen (secondary N) is 6. The van der Waals surface area contributed by atoms with Crippen molar-refractivity contribution in [2.75, 3.05) is 38.1 Å². The van der Waals surface area contributed by atoms with Crippen molar-refractivity contribution in [2.45, 2.75) is 129 Å². The Morgan fingerprint density at radius 2 is 1.42 bits per heavy atom. The molecule has 2 heterocycles. The first-order chi connectivity index (χ1) is 40.7. The van der Waals surface area contributed by atoms with E-state index in [9.17, 15) is 62.5 Å². The van der Waals surface area contributed by atoms with Crippen molar-refractivity contribution in [3.05, 3.63) is 120 Å². The number of hydrogen-bond donors (Lipinski definition) is 10. The number of imidazole rings is 1. The number of carbonyl (C=O) groups excluding carboxylic acids is 9. The minimum absolute atomic E-state index is 0.0474. The van der Waals surface area contributed by atoms with Gasteiger partial charge in [-0.15, -0.1) is 0 Å². The van der Waals surface area contributed by atoms with E-state index in [0.29, 0.717) is 30.7 Å². The summed E-state index contributed by atoms with van der Waals surface area (Å²) in [5.74, 6) is -7.46. The van der Waals surface area contributed by atoms with Crippen molar-refractivity contribution < 1.29 is 66.9 Å². The summed E-state index contributed by atoms with van der Waals surface area (Å²) in [6.07, 6.45) is 5.09. The molecule has 10 amide bonds. The van der Waals surface area contributed by atoms with E-state index >= 15 is 4.39 Å². The quantitative estimate of drug-likeness (QED) is 0.0242. The van der Waals surface area contributed by atoms with E-state index in [0.717, 1.165) is 28.7 Å². The zero-order chi connectivity index (χ0) is 63.3. The van der Waals surface area contributed by atoms with Crippen LogP contribution in [-0.2, 0) is 56.1 Å². The lowest BCUT2D eigenvalue weighted by atomic mass is 9.84. The van der Waals surface area contributed by atoms with Crippen LogP contribution in [-0.4, -0.2) is 146 Å². The number of anilines is 1. The Hall–Kier alpha value is -8.91. The lowest BCUT2D eigenvalue weighted by Gasteiger charge is -2.40. The molecule has 0 fully saturated rings. The van der Waals surface area contributed by atoms with Gasteiger partial charge in [0, 0.05) is 81.6 Å². The van der Waals surface area contributed by atoms with Crippen LogP contribution in [0.15, 0.2) is 91.1 Å². The molecule has 1 unspecified atom stereocenters. The molecule has 0 bridgehead atoms. The maximum absolute atomic E-state index is 15.2. The smallest absolute Gasteiger partial charge is 0.326 e. The number of carbonyl (C=O) groups is 10. The molecule has 1 aromatic heterocycles. The number of imide groups is 1. The van der Waals surface area contributed by atoms with Crippen molar-refractivity contribution in [1.29, 1.82) is 0 Å². The minimum atomic E-state index is -1.42. The summed E-state index contributed by atoms with van der Waals surface area (Å²) in [7, 11) is 0. The summed E-state index contributed by atoms with van der Waals surface area (Å²) in [5.41, 5.74) is 12.3. The van der Waals surface area contributed by atoms with E-state index in [1.807, 2.05) is 51.1 Å². The summed E-state index contributed by atoms with van der Waals surface area (Å²) in [6, 6.07) is 11.8. The third kappa shape index (κ3) is 20.7. The molecule has 12 N–H and O–H groups in total. The monoisotopic (exact) mass is 1200 g/mol. The standard InChI is InChI=1S/C60H78F2N12O12/c1-36(2)52(71-47(76)16-10-7-11-29-73-49(78)23-24-50(73)79)57(83)70-44(15-12-27-66-59(64)86)56(82)67-40-20-17-37(18-21-40)31-45(58(84)85)68-48(77)25-28-65-55(81)43(63)26-30-74(51(80)35-75)53(60(3,4)5)54-69-46(41-32-39(61)19-22-42(41)62)34-72(54)33-38-13-8-6-9-14-38/h6,8-9,13-14,17-24,32,34,36,43-45,52-53,75H,7,10-12,15-16,25-31,33,35,63H2,1-5H3,(H,65,81)(H,67,82)(H,68,77)(H,70,83)(H,71,76)(H,84,85)(H3,64,66,86)/t43-,44-,45-,52?,53-/m0/s1. The highest BCUT2D eigenvalue weighted by atomic mass is 19.1. The van der Waals surface area contributed by atoms with Gasteiger partial charge in [0.15, 0.2) is 0 Å². The number of aliphatic carboxylic acids is 1. The van der Waals surface area contributed by atoms with Gasteiger partial charge in [0.1, 0.15) is 42.2 Å². The van der Waals surface area contributed by atoms with E-state index in [2.05, 4.69) is 31.9 Å². The number of aliphatic hydroxyl groups excluding tert-OH is 1. The Morgan fingerprint density at radius 3 is 2.05 bits per heavy atom. The van der Waals surface area contributed by atoms with E-state index in [-0.39, 0.29) is 100 Å². The van der Waals surface area contributed by atoms with Crippen LogP contribution in [0.5, 0.6) is 0 Å². The molecule has 0 saturated heterocycles. The molecule has 3 aromatic carbocycles. The van der Waals surface area contributed by atoms with Crippen LogP contribution in [0.2, 0.25) is 0 Å². The second kappa shape index (κ2) is 32.4. The molecule has 1 aliphatic heterocycles. The van der Waals surface area contributed by atoms with Crippen molar-refractivity contribution in [2.24, 2.45) is 22.8 Å². The number of aromatic nitrogens is 2. The first-order valence-electron chi connectivity index (χ1n) is 28.3. The van der Waals surface area contributed by atoms with E-state index in [1.54, 1.807) is 24.6 Å². The Morgan fingerprint density at radius 1 is 0.744 bits per heavy atom. The second-order valence-electron chi connectivity index (χ2n) is 22.3. The molecule has 24 nitrogen and oxygen atoms in total. The molecule has 0 spiro atoms. The third-order valence-electron chi connectivity index (χ3n) is 14.1. The molecule has 86 heavy (non-hydrogen) atoms. The Bertz CT molecular complexity index is 3060. The largest absolute Gasteiger partial charge is 0.480 e. The predicted octanol–water partition coefficient (Wildman–Crippen LogP) is 3.32. The van der Waals surface area contributed by atoms with Crippen LogP contribution < -0.4 is 43.4 Å². The van der Waals surface area contributed by atoms with Gasteiger partial charge in [-0.2, -0.15) is 0 Å². The molecule has 0 saturated carbocycles. The van der Waals surface area contributed by atoms with Crippen LogP contribution in [0.3, 0.4) is 0 Å². The Balaban J connectivity index is 1.14. The zero-order valence-corrected chi connectivity index (χ0v) is 48.9. The summed E-state index contributed by atoms with van der Waals surface area (Å²) in [4.78, 5) is 135. The number of amides is 10. The number of nitrogens with two attached hydrogens (primary N) is 2. The topological polar surface area (TPSA) is 360 Å². The Kier molecular flexibility index (Phi) is 25.6. The highest BCUT2D eigenvalue weighted by Crippen LogP contribution is 2.40. The number of aliphatic hydroxyl groups is 1. The van der Waals surface area contributed by atoms with Gasteiger partial charge in [0.25, 0.3) is 11.8 Å². The second-order valence-corrected chi connectivity index (χ2v) is 22.3. The fourth-order valence-electron chi connectivity index (χ4n) is 9.57. The number of nitrogens with zero attached hydrogens (tertiary/aromatic N) is 4. The molecule has 4 aromatic rings. The van der Waals surface area contributed by atoms with Crippen molar-refractivity contribution in [1.82, 2.24) is 45.9 Å². The SMILES string of the molecule is CC(C)C(NC(=O)CCCCCN1C(=O)C=CC1=O)C(=O)N[C@@H](CCCNC(N)=O)C(=O)Nc1ccc(C[C@H](NC(=O)CCNC(=O)[C@@H](N)CCN(C(=O)CO)[C@@H](c2nc(-c3cc(F)ccc3F)cn2Cc2ccccc2)C(C)(C)C)C(=O)O)cc1. The highest BCUT2D eigenvalue weighted by Gasteiger charge is 2.39. The van der Waals surface area contributed by atoms with Crippen LogP contribution >= 0.6 is 0 Å². The fourth-order valence-corrected chi connectivity index (χ4v) is 9.57. The summed E-state index contributed by atoms with van der Waals surface area (Å²) in [5, 5.41) is 35.8. The van der Waals surface area contributed by atoms with Gasteiger partial charge in [-0.1, -0.05) is 83.5 Å². The molecule has 5 atom stereocenters. The van der Waals surface area contributed by atoms with E-state index in [1.165, 1.54) is 41.3 Å². The normalized spacial score (nSPS) is 14.0. The lowest BCUT2D eigenvalue weighted by Crippen LogP contribution is -2.54. The molecule has 464 valence electrons. The lowest BCUT2D eigenvalue weighted by molar-refractivity contribution is -0.142. The number of carboxylic acids is 1. The molecule has 1 aliphatic rings. The van der Waals surface area contributed by atoms with Gasteiger partial charge in [-0.25, -0.2) is 23.4 Å². The number of halogens is 2. The van der Waals surface area contributed by atoms with Crippen LogP contribution in [0, 0.1) is 23.0 Å². The number of benzene rings is 3. The average molecular weight is 1200 g/mol. The van der Waals surface area contributed by atoms with Gasteiger partial charge in [-0.3, -0.25) is 43.3 Å². The minimum Gasteiger partial charge on any atom is -0.480 e. The van der Waals surface area contributed by atoms with Gasteiger partial charge in [-0.05, 0) is 84.9 Å². The van der Waals surface area contributed by atoms with E-state index in [4.69, 9.17) is 16.5 Å². The summed E-state index contributed by atoms with van der Waals surface area (Å²) >= 11 is 0. The number of unbranched alkanes of at least 4 members (excludes halogenated alkanes) is 2. The van der Waals surface area contributed by atoms with Gasteiger partial charge in [0.05, 0.1) is 17.8 Å². The van der Waals surface area contributed by atoms with Crippen molar-refractivity contribution in [3.63, 3.8) is 0 Å². The Labute approximate surface area is 497 Å².